The van der Waals surface area contributed by atoms with Crippen LogP contribution in [0.25, 0.3) is 11.7 Å². The van der Waals surface area contributed by atoms with E-state index in [0.717, 1.165) is 55.1 Å². The molecule has 3 aromatic heterocycles. The van der Waals surface area contributed by atoms with Crippen LogP contribution in [0.2, 0.25) is 0 Å². The molecule has 2 amide bonds. The van der Waals surface area contributed by atoms with Crippen molar-refractivity contribution in [2.75, 3.05) is 19.6 Å². The Bertz CT molecular complexity index is 1130. The number of thioether (sulfide) groups is 1. The van der Waals surface area contributed by atoms with Gasteiger partial charge in [-0.3, -0.25) is 14.0 Å². The normalized spacial score (nSPS) is 15.9. The van der Waals surface area contributed by atoms with Gasteiger partial charge in [-0.05, 0) is 61.9 Å². The summed E-state index contributed by atoms with van der Waals surface area (Å²) in [7, 11) is 0. The maximum atomic E-state index is 12.6. The zero-order chi connectivity index (χ0) is 21.2. The van der Waals surface area contributed by atoms with E-state index >= 15 is 0 Å². The zero-order valence-electron chi connectivity index (χ0n) is 17.5. The van der Waals surface area contributed by atoms with Crippen LogP contribution >= 0.6 is 24.2 Å². The van der Waals surface area contributed by atoms with Gasteiger partial charge in [-0.1, -0.05) is 17.8 Å². The van der Waals surface area contributed by atoms with Crippen molar-refractivity contribution >= 4 is 47.7 Å². The first-order valence-corrected chi connectivity index (χ1v) is 11.5. The molecule has 0 unspecified atom stereocenters. The fourth-order valence-corrected chi connectivity index (χ4v) is 5.27. The molecule has 9 heteroatoms. The molecule has 5 rings (SSSR count). The standard InChI is InChI=1S/C23H24N4O3S.ClH/c28-22(19-14-17-15-25-20-6-1-7-21(31-19)27(17)20)24-10-2-4-16-8-11-26(12-9-16)23(29)18-5-3-13-30-18;/h1,3,5-7,13-16H,2,4,8-12H2,(H,24,28);1H. The van der Waals surface area contributed by atoms with E-state index in [0.29, 0.717) is 23.1 Å². The van der Waals surface area contributed by atoms with Gasteiger partial charge in [0.05, 0.1) is 28.1 Å². The molecule has 1 fully saturated rings. The molecular formula is C23H25ClN4O3S. The summed E-state index contributed by atoms with van der Waals surface area (Å²) in [6.07, 6.45) is 9.22. The zero-order valence-corrected chi connectivity index (χ0v) is 19.2. The Kier molecular flexibility index (Phi) is 6.91. The van der Waals surface area contributed by atoms with Gasteiger partial charge in [0.1, 0.15) is 5.65 Å². The van der Waals surface area contributed by atoms with E-state index in [9.17, 15) is 9.59 Å². The number of carbonyl (C=O) groups excluding carboxylic acids is 2. The minimum atomic E-state index is -0.0340. The van der Waals surface area contributed by atoms with E-state index in [-0.39, 0.29) is 24.2 Å². The van der Waals surface area contributed by atoms with Crippen LogP contribution in [0, 0.1) is 5.92 Å². The molecule has 0 atom stereocenters. The van der Waals surface area contributed by atoms with Crippen molar-refractivity contribution < 1.29 is 14.0 Å². The highest BCUT2D eigenvalue weighted by Gasteiger charge is 2.25. The van der Waals surface area contributed by atoms with Crippen molar-refractivity contribution in [1.82, 2.24) is 19.6 Å². The molecule has 5 heterocycles. The van der Waals surface area contributed by atoms with Crippen LogP contribution in [0.1, 0.15) is 41.9 Å². The molecule has 2 aliphatic rings. The smallest absolute Gasteiger partial charge is 0.289 e. The second kappa shape index (κ2) is 9.83. The molecule has 32 heavy (non-hydrogen) atoms. The van der Waals surface area contributed by atoms with Crippen molar-refractivity contribution in [2.24, 2.45) is 5.92 Å². The number of nitrogens with zero attached hydrogens (tertiary/aromatic N) is 3. The highest BCUT2D eigenvalue weighted by atomic mass is 35.5. The maximum absolute atomic E-state index is 12.6. The van der Waals surface area contributed by atoms with Crippen LogP contribution in [-0.4, -0.2) is 45.7 Å². The van der Waals surface area contributed by atoms with E-state index in [1.165, 1.54) is 18.0 Å². The SMILES string of the molecule is Cl.O=C(NCCCC1CCN(C(=O)c2ccco2)CC1)C1=Cc2cnc3cccc(n23)S1. The monoisotopic (exact) mass is 472 g/mol. The minimum Gasteiger partial charge on any atom is -0.459 e. The number of hydrogen-bond donors (Lipinski definition) is 1. The first-order valence-electron chi connectivity index (χ1n) is 10.7. The molecule has 0 bridgehead atoms. The minimum absolute atomic E-state index is 0. The molecule has 7 nitrogen and oxygen atoms in total. The summed E-state index contributed by atoms with van der Waals surface area (Å²) in [5.41, 5.74) is 1.83. The van der Waals surface area contributed by atoms with Gasteiger partial charge in [0, 0.05) is 19.6 Å². The maximum Gasteiger partial charge on any atom is 0.289 e. The van der Waals surface area contributed by atoms with Crippen LogP contribution in [0.5, 0.6) is 0 Å². The van der Waals surface area contributed by atoms with Gasteiger partial charge in [-0.15, -0.1) is 12.4 Å². The Labute approximate surface area is 196 Å². The van der Waals surface area contributed by atoms with Crippen LogP contribution in [0.15, 0.2) is 57.1 Å². The number of pyridine rings is 1. The average Bonchev–Trinajstić information content (AvgIpc) is 3.48. The number of furan rings is 1. The van der Waals surface area contributed by atoms with Crippen molar-refractivity contribution in [1.29, 1.82) is 0 Å². The molecule has 1 N–H and O–H groups in total. The van der Waals surface area contributed by atoms with E-state index in [4.69, 9.17) is 4.42 Å². The van der Waals surface area contributed by atoms with Crippen LogP contribution in [0.3, 0.4) is 0 Å². The Morgan fingerprint density at radius 2 is 2.03 bits per heavy atom. The van der Waals surface area contributed by atoms with Crippen molar-refractivity contribution in [3.05, 3.63) is 59.2 Å². The number of piperidine rings is 1. The van der Waals surface area contributed by atoms with E-state index in [1.807, 2.05) is 29.2 Å². The lowest BCUT2D eigenvalue weighted by Gasteiger charge is -2.31. The predicted octanol–water partition coefficient (Wildman–Crippen LogP) is 4.24. The fourth-order valence-electron chi connectivity index (χ4n) is 4.26. The van der Waals surface area contributed by atoms with Crippen molar-refractivity contribution in [3.63, 3.8) is 0 Å². The number of carbonyl (C=O) groups is 2. The summed E-state index contributed by atoms with van der Waals surface area (Å²) < 4.78 is 7.28. The summed E-state index contributed by atoms with van der Waals surface area (Å²) in [6.45, 7) is 2.18. The number of likely N-dealkylation sites (tertiary alicyclic amines) is 1. The first kappa shape index (κ1) is 22.5. The van der Waals surface area contributed by atoms with Gasteiger partial charge in [0.2, 0.25) is 0 Å². The predicted molar refractivity (Wildman–Crippen MR) is 126 cm³/mol. The summed E-state index contributed by atoms with van der Waals surface area (Å²) >= 11 is 1.48. The topological polar surface area (TPSA) is 79.8 Å². The summed E-state index contributed by atoms with van der Waals surface area (Å²) in [5.74, 6) is 0.947. The highest BCUT2D eigenvalue weighted by Crippen LogP contribution is 2.34. The van der Waals surface area contributed by atoms with Gasteiger partial charge in [-0.2, -0.15) is 0 Å². The van der Waals surface area contributed by atoms with E-state index in [2.05, 4.69) is 14.7 Å². The molecule has 0 spiro atoms. The third-order valence-corrected chi connectivity index (χ3v) is 7.00. The van der Waals surface area contributed by atoms with Crippen LogP contribution in [-0.2, 0) is 4.79 Å². The fraction of sp³-hybridized carbons (Fsp3) is 0.348. The molecule has 0 aliphatic carbocycles. The number of amides is 2. The Balaban J connectivity index is 0.00000245. The molecule has 0 radical (unpaired) electrons. The highest BCUT2D eigenvalue weighted by molar-refractivity contribution is 8.04. The molecule has 0 saturated carbocycles. The molecule has 3 aromatic rings. The van der Waals surface area contributed by atoms with Gasteiger partial charge in [0.25, 0.3) is 11.8 Å². The second-order valence-corrected chi connectivity index (χ2v) is 9.02. The Morgan fingerprint density at radius 3 is 2.81 bits per heavy atom. The third-order valence-electron chi connectivity index (χ3n) is 5.95. The lowest BCUT2D eigenvalue weighted by atomic mass is 9.92. The molecule has 0 aromatic carbocycles. The number of hydrogen-bond acceptors (Lipinski definition) is 5. The van der Waals surface area contributed by atoms with Gasteiger partial charge >= 0.3 is 0 Å². The number of rotatable bonds is 6. The van der Waals surface area contributed by atoms with Gasteiger partial charge in [-0.25, -0.2) is 4.98 Å². The number of imidazole rings is 1. The van der Waals surface area contributed by atoms with E-state index < -0.39 is 0 Å². The Morgan fingerprint density at radius 1 is 1.19 bits per heavy atom. The lowest BCUT2D eigenvalue weighted by Crippen LogP contribution is -2.38. The second-order valence-electron chi connectivity index (χ2n) is 7.96. The largest absolute Gasteiger partial charge is 0.459 e. The summed E-state index contributed by atoms with van der Waals surface area (Å²) in [6, 6.07) is 9.38. The van der Waals surface area contributed by atoms with Crippen LogP contribution < -0.4 is 5.32 Å². The number of halogens is 1. The summed E-state index contributed by atoms with van der Waals surface area (Å²) in [5, 5.41) is 4.07. The van der Waals surface area contributed by atoms with Crippen molar-refractivity contribution in [3.8, 4) is 0 Å². The van der Waals surface area contributed by atoms with Gasteiger partial charge in [0.15, 0.2) is 5.76 Å². The van der Waals surface area contributed by atoms with Crippen LogP contribution in [0.4, 0.5) is 0 Å². The molecule has 2 aliphatic heterocycles. The molecule has 168 valence electrons. The Hall–Kier alpha value is -2.71. The quantitative estimate of drug-likeness (QED) is 0.542. The summed E-state index contributed by atoms with van der Waals surface area (Å²) in [4.78, 5) is 31.9. The third kappa shape index (κ3) is 4.56. The number of aromatic nitrogens is 2. The molecular weight excluding hydrogens is 448 g/mol. The lowest BCUT2D eigenvalue weighted by molar-refractivity contribution is -0.116. The van der Waals surface area contributed by atoms with Gasteiger partial charge < -0.3 is 14.6 Å². The first-order chi connectivity index (χ1) is 15.2. The average molecular weight is 473 g/mol. The number of nitrogens with one attached hydrogen (secondary N) is 1. The molecule has 1 saturated heterocycles. The van der Waals surface area contributed by atoms with Crippen molar-refractivity contribution in [2.45, 2.75) is 30.7 Å². The van der Waals surface area contributed by atoms with E-state index in [1.54, 1.807) is 18.3 Å².